The van der Waals surface area contributed by atoms with Gasteiger partial charge < -0.3 is 5.32 Å². The Bertz CT molecular complexity index is 761. The zero-order valence-corrected chi connectivity index (χ0v) is 16.8. The number of thioether (sulfide) groups is 1. The molecule has 2 aliphatic rings. The Morgan fingerprint density at radius 2 is 2.19 bits per heavy atom. The van der Waals surface area contributed by atoms with Gasteiger partial charge >= 0.3 is 0 Å². The number of carbonyl (C=O) groups excluding carboxylic acids is 1. The van der Waals surface area contributed by atoms with E-state index in [1.807, 2.05) is 0 Å². The molecule has 2 heterocycles. The molecule has 0 fully saturated rings. The van der Waals surface area contributed by atoms with Crippen molar-refractivity contribution in [2.75, 3.05) is 12.3 Å². The molecule has 1 aromatic heterocycles. The van der Waals surface area contributed by atoms with E-state index in [0.717, 1.165) is 17.3 Å². The van der Waals surface area contributed by atoms with Crippen molar-refractivity contribution in [1.82, 2.24) is 14.9 Å². The minimum Gasteiger partial charge on any atom is -0.355 e. The molecule has 1 amide bonds. The zero-order chi connectivity index (χ0) is 18.7. The molecule has 1 aliphatic carbocycles. The molecular formula is C20H29N3O2S. The van der Waals surface area contributed by atoms with Crippen LogP contribution >= 0.6 is 11.8 Å². The van der Waals surface area contributed by atoms with Crippen LogP contribution < -0.4 is 10.9 Å². The number of aromatic nitrogens is 2. The van der Waals surface area contributed by atoms with E-state index in [-0.39, 0.29) is 22.8 Å². The SMILES string of the molecule is CC(C)(C)c1cc(=O)n2c(n1)SC[C@H](C(=O)NCCC1=CCCCC1)C2. The van der Waals surface area contributed by atoms with Gasteiger partial charge in [0.15, 0.2) is 5.16 Å². The first-order chi connectivity index (χ1) is 12.3. The number of allylic oxidation sites excluding steroid dienone is 1. The van der Waals surface area contributed by atoms with E-state index in [1.54, 1.807) is 10.6 Å². The minimum absolute atomic E-state index is 0.0476. The minimum atomic E-state index is -0.173. The number of amides is 1. The Labute approximate surface area is 159 Å². The van der Waals surface area contributed by atoms with E-state index < -0.39 is 0 Å². The quantitative estimate of drug-likeness (QED) is 0.648. The highest BCUT2D eigenvalue weighted by Gasteiger charge is 2.28. The summed E-state index contributed by atoms with van der Waals surface area (Å²) < 4.78 is 1.65. The summed E-state index contributed by atoms with van der Waals surface area (Å²) in [6.07, 6.45) is 8.15. The third-order valence-corrected chi connectivity index (χ3v) is 6.20. The molecule has 6 heteroatoms. The third kappa shape index (κ3) is 4.58. The lowest BCUT2D eigenvalue weighted by Crippen LogP contribution is -2.40. The van der Waals surface area contributed by atoms with Crippen LogP contribution in [0.15, 0.2) is 27.7 Å². The Balaban J connectivity index is 1.60. The van der Waals surface area contributed by atoms with Gasteiger partial charge in [0.05, 0.1) is 11.6 Å². The predicted octanol–water partition coefficient (Wildman–Crippen LogP) is 3.27. The molecule has 1 aliphatic heterocycles. The molecule has 0 bridgehead atoms. The largest absolute Gasteiger partial charge is 0.355 e. The molecule has 5 nitrogen and oxygen atoms in total. The van der Waals surface area contributed by atoms with Crippen LogP contribution in [-0.2, 0) is 16.8 Å². The van der Waals surface area contributed by atoms with Gasteiger partial charge in [0, 0.05) is 30.3 Å². The molecule has 3 rings (SSSR count). The first kappa shape index (κ1) is 19.2. The molecule has 142 valence electrons. The van der Waals surface area contributed by atoms with Crippen molar-refractivity contribution in [3.63, 3.8) is 0 Å². The van der Waals surface area contributed by atoms with Crippen molar-refractivity contribution in [2.24, 2.45) is 5.92 Å². The molecule has 0 aromatic carbocycles. The maximum absolute atomic E-state index is 12.5. The lowest BCUT2D eigenvalue weighted by atomic mass is 9.92. The van der Waals surface area contributed by atoms with Gasteiger partial charge in [0.2, 0.25) is 5.91 Å². The number of nitrogens with zero attached hydrogens (tertiary/aromatic N) is 2. The van der Waals surface area contributed by atoms with Crippen molar-refractivity contribution in [1.29, 1.82) is 0 Å². The summed E-state index contributed by atoms with van der Waals surface area (Å²) in [6.45, 7) is 7.27. The van der Waals surface area contributed by atoms with Crippen LogP contribution in [0.1, 0.15) is 58.6 Å². The summed E-state index contributed by atoms with van der Waals surface area (Å²) in [6, 6.07) is 1.61. The maximum atomic E-state index is 12.5. The molecule has 0 radical (unpaired) electrons. The Hall–Kier alpha value is -1.56. The van der Waals surface area contributed by atoms with Crippen molar-refractivity contribution < 1.29 is 4.79 Å². The van der Waals surface area contributed by atoms with Gasteiger partial charge in [-0.1, -0.05) is 44.2 Å². The van der Waals surface area contributed by atoms with Crippen molar-refractivity contribution in [3.8, 4) is 0 Å². The number of hydrogen-bond donors (Lipinski definition) is 1. The fourth-order valence-corrected chi connectivity index (χ4v) is 4.47. The number of rotatable bonds is 4. The fourth-order valence-electron chi connectivity index (χ4n) is 3.38. The average Bonchev–Trinajstić information content (AvgIpc) is 2.61. The molecule has 0 spiro atoms. The van der Waals surface area contributed by atoms with Crippen molar-refractivity contribution in [2.45, 2.75) is 70.0 Å². The van der Waals surface area contributed by atoms with E-state index in [9.17, 15) is 9.59 Å². The molecule has 0 saturated heterocycles. The second-order valence-electron chi connectivity index (χ2n) is 8.28. The maximum Gasteiger partial charge on any atom is 0.254 e. The van der Waals surface area contributed by atoms with Crippen LogP contribution in [0.5, 0.6) is 0 Å². The fraction of sp³-hybridized carbons (Fsp3) is 0.650. The molecule has 0 saturated carbocycles. The average molecular weight is 376 g/mol. The molecule has 1 aromatic rings. The molecular weight excluding hydrogens is 346 g/mol. The summed E-state index contributed by atoms with van der Waals surface area (Å²) in [7, 11) is 0. The van der Waals surface area contributed by atoms with E-state index in [0.29, 0.717) is 18.8 Å². The Kier molecular flexibility index (Phi) is 5.90. The van der Waals surface area contributed by atoms with Crippen LogP contribution in [0.3, 0.4) is 0 Å². The lowest BCUT2D eigenvalue weighted by Gasteiger charge is -2.26. The Morgan fingerprint density at radius 3 is 2.88 bits per heavy atom. The monoisotopic (exact) mass is 375 g/mol. The first-order valence-corrected chi connectivity index (χ1v) is 10.5. The standard InChI is InChI=1S/C20H29N3O2S/c1-20(2,3)16-11-17(24)23-12-15(13-26-19(23)22-16)18(25)21-10-9-14-7-5-4-6-8-14/h7,11,15H,4-6,8-10,12-13H2,1-3H3,(H,21,25)/t15-/m1/s1. The van der Waals surface area contributed by atoms with Gasteiger partial charge in [0.1, 0.15) is 0 Å². The number of fused-ring (bicyclic) bond motifs is 1. The lowest BCUT2D eigenvalue weighted by molar-refractivity contribution is -0.124. The summed E-state index contributed by atoms with van der Waals surface area (Å²) in [4.78, 5) is 29.6. The molecule has 26 heavy (non-hydrogen) atoms. The van der Waals surface area contributed by atoms with Gasteiger partial charge in [-0.25, -0.2) is 4.98 Å². The Morgan fingerprint density at radius 1 is 1.38 bits per heavy atom. The highest BCUT2D eigenvalue weighted by Crippen LogP contribution is 2.28. The zero-order valence-electron chi connectivity index (χ0n) is 16.0. The van der Waals surface area contributed by atoms with Gasteiger partial charge in [0.25, 0.3) is 5.56 Å². The molecule has 1 atom stereocenters. The smallest absolute Gasteiger partial charge is 0.254 e. The normalized spacial score (nSPS) is 20.3. The van der Waals surface area contributed by atoms with Gasteiger partial charge in [-0.05, 0) is 32.1 Å². The summed E-state index contributed by atoms with van der Waals surface area (Å²) >= 11 is 1.51. The predicted molar refractivity (Wildman–Crippen MR) is 106 cm³/mol. The van der Waals surface area contributed by atoms with Crippen LogP contribution in [0.2, 0.25) is 0 Å². The summed E-state index contributed by atoms with van der Waals surface area (Å²) in [5, 5.41) is 3.79. The first-order valence-electron chi connectivity index (χ1n) is 9.55. The van der Waals surface area contributed by atoms with E-state index in [4.69, 9.17) is 0 Å². The van der Waals surface area contributed by atoms with Crippen molar-refractivity contribution >= 4 is 17.7 Å². The number of carbonyl (C=O) groups is 1. The number of hydrogen-bond acceptors (Lipinski definition) is 4. The van der Waals surface area contributed by atoms with Gasteiger partial charge in [-0.3, -0.25) is 14.2 Å². The summed E-state index contributed by atoms with van der Waals surface area (Å²) in [5.74, 6) is 0.549. The van der Waals surface area contributed by atoms with Gasteiger partial charge in [-0.2, -0.15) is 0 Å². The summed E-state index contributed by atoms with van der Waals surface area (Å²) in [5.41, 5.74) is 2.06. The van der Waals surface area contributed by atoms with Crippen LogP contribution in [0, 0.1) is 5.92 Å². The second-order valence-corrected chi connectivity index (χ2v) is 9.27. The number of nitrogens with one attached hydrogen (secondary N) is 1. The van der Waals surface area contributed by atoms with Crippen LogP contribution in [0.4, 0.5) is 0 Å². The van der Waals surface area contributed by atoms with Crippen LogP contribution in [0.25, 0.3) is 0 Å². The van der Waals surface area contributed by atoms with E-state index >= 15 is 0 Å². The van der Waals surface area contributed by atoms with Crippen molar-refractivity contribution in [3.05, 3.63) is 33.8 Å². The highest BCUT2D eigenvalue weighted by molar-refractivity contribution is 7.99. The van der Waals surface area contributed by atoms with Crippen LogP contribution in [-0.4, -0.2) is 27.8 Å². The van der Waals surface area contributed by atoms with E-state index in [1.165, 1.54) is 43.0 Å². The molecule has 1 N–H and O–H groups in total. The second kappa shape index (κ2) is 7.99. The molecule has 0 unspecified atom stereocenters. The third-order valence-electron chi connectivity index (χ3n) is 5.06. The van der Waals surface area contributed by atoms with Gasteiger partial charge in [-0.15, -0.1) is 0 Å². The highest BCUT2D eigenvalue weighted by atomic mass is 32.2. The topological polar surface area (TPSA) is 64.0 Å². The van der Waals surface area contributed by atoms with E-state index in [2.05, 4.69) is 37.1 Å².